The van der Waals surface area contributed by atoms with Gasteiger partial charge in [0, 0.05) is 5.69 Å². The zero-order valence-corrected chi connectivity index (χ0v) is 15.4. The van der Waals surface area contributed by atoms with Crippen molar-refractivity contribution in [2.75, 3.05) is 11.3 Å². The monoisotopic (exact) mass is 325 g/mol. The molecule has 0 radical (unpaired) electrons. The van der Waals surface area contributed by atoms with E-state index in [4.69, 9.17) is 0 Å². The molecule has 7 heteroatoms. The molecule has 0 saturated carbocycles. The summed E-state index contributed by atoms with van der Waals surface area (Å²) in [6.45, 7) is -5.28. The van der Waals surface area contributed by atoms with Crippen molar-refractivity contribution >= 4 is 31.1 Å². The van der Waals surface area contributed by atoms with Crippen LogP contribution in [0.5, 0.6) is 0 Å². The van der Waals surface area contributed by atoms with E-state index >= 15 is 0 Å². The number of benzene rings is 2. The van der Waals surface area contributed by atoms with Crippen LogP contribution in [0.15, 0.2) is 60.6 Å². The van der Waals surface area contributed by atoms with Gasteiger partial charge in [0.25, 0.3) is 0 Å². The number of nitrogens with zero attached hydrogens (tertiary/aromatic N) is 1. The number of rotatable bonds is 3. The molecule has 0 atom stereocenters. The summed E-state index contributed by atoms with van der Waals surface area (Å²) in [5.41, 5.74) is 2.32. The minimum atomic E-state index is -4.90. The number of halogens is 3. The first-order valence-electron chi connectivity index (χ1n) is 6.84. The Balaban J connectivity index is 0.00000176. The van der Waals surface area contributed by atoms with Crippen molar-refractivity contribution in [3.8, 4) is 0 Å². The predicted molar refractivity (Wildman–Crippen MR) is 83.7 cm³/mol. The molecule has 2 aromatic carbocycles. The van der Waals surface area contributed by atoms with Gasteiger partial charge in [-0.2, -0.15) is 0 Å². The Bertz CT molecular complexity index is 661. The average molecular weight is 325 g/mol. The van der Waals surface area contributed by atoms with Crippen LogP contribution >= 0.6 is 0 Å². The van der Waals surface area contributed by atoms with E-state index in [1.807, 2.05) is 54.5 Å². The van der Waals surface area contributed by atoms with Gasteiger partial charge in [-0.25, -0.2) is 0 Å². The van der Waals surface area contributed by atoms with Crippen LogP contribution in [0, 0.1) is 0 Å². The number of anilines is 1. The van der Waals surface area contributed by atoms with Gasteiger partial charge < -0.3 is 17.8 Å². The standard InChI is InChI=1S/C15H13B2F3N.K/c18-17(19,20)12-21-15-9-5-4-6-13(15)10-11-16(21)14-7-2-1-3-8-14;/h1-11H,12H2;/q-1;+1. The molecule has 0 bridgehead atoms. The molecule has 1 nitrogen and oxygen atoms in total. The first-order chi connectivity index (χ1) is 10.0. The van der Waals surface area contributed by atoms with E-state index in [0.29, 0.717) is 5.69 Å². The van der Waals surface area contributed by atoms with E-state index in [1.54, 1.807) is 12.1 Å². The van der Waals surface area contributed by atoms with Crippen molar-refractivity contribution in [3.63, 3.8) is 0 Å². The van der Waals surface area contributed by atoms with Crippen LogP contribution in [0.4, 0.5) is 18.6 Å². The first kappa shape index (κ1) is 17.9. The Labute approximate surface area is 171 Å². The van der Waals surface area contributed by atoms with Gasteiger partial charge in [-0.05, 0) is 18.1 Å². The van der Waals surface area contributed by atoms with Gasteiger partial charge in [-0.3, -0.25) is 0 Å². The molecule has 0 unspecified atom stereocenters. The third kappa shape index (κ3) is 4.09. The van der Waals surface area contributed by atoms with E-state index in [9.17, 15) is 12.9 Å². The van der Waals surface area contributed by atoms with Crippen LogP contribution in [-0.2, 0) is 0 Å². The third-order valence-corrected chi connectivity index (χ3v) is 3.58. The normalized spacial score (nSPS) is 13.6. The van der Waals surface area contributed by atoms with Crippen LogP contribution in [0.2, 0.25) is 0 Å². The molecule has 1 aliphatic heterocycles. The van der Waals surface area contributed by atoms with E-state index in [0.717, 1.165) is 11.0 Å². The van der Waals surface area contributed by atoms with Crippen LogP contribution in [-0.4, -0.2) is 20.3 Å². The maximum Gasteiger partial charge on any atom is 1.00 e. The summed E-state index contributed by atoms with van der Waals surface area (Å²) in [4.78, 5) is 1.44. The SMILES string of the molecule is F[B-](F)(F)CN1B(c2ccccc2)C=Cc2ccccc21.[K+]. The van der Waals surface area contributed by atoms with Gasteiger partial charge in [0.2, 0.25) is 0 Å². The second-order valence-corrected chi connectivity index (χ2v) is 5.14. The fourth-order valence-corrected chi connectivity index (χ4v) is 2.71. The molecule has 3 rings (SSSR count). The molecule has 106 valence electrons. The smallest absolute Gasteiger partial charge is 0.448 e. The minimum absolute atomic E-state index is 0. The van der Waals surface area contributed by atoms with E-state index in [2.05, 4.69) is 0 Å². The third-order valence-electron chi connectivity index (χ3n) is 3.58. The fourth-order valence-electron chi connectivity index (χ4n) is 2.71. The Morgan fingerprint density at radius 3 is 2.23 bits per heavy atom. The quantitative estimate of drug-likeness (QED) is 0.736. The van der Waals surface area contributed by atoms with Crippen LogP contribution in [0.25, 0.3) is 6.08 Å². The van der Waals surface area contributed by atoms with Gasteiger partial charge >= 0.3 is 65.2 Å². The summed E-state index contributed by atoms with van der Waals surface area (Å²) in [7, 11) is 0. The fraction of sp³-hybridized carbons (Fsp3) is 0.0667. The van der Waals surface area contributed by atoms with Gasteiger partial charge in [-0.1, -0.05) is 66.0 Å². The second-order valence-electron chi connectivity index (χ2n) is 5.14. The van der Waals surface area contributed by atoms with E-state index in [1.165, 1.54) is 4.81 Å². The Morgan fingerprint density at radius 1 is 0.909 bits per heavy atom. The molecule has 0 N–H and O–H groups in total. The van der Waals surface area contributed by atoms with Crippen molar-refractivity contribution in [2.45, 2.75) is 0 Å². The summed E-state index contributed by atoms with van der Waals surface area (Å²) < 4.78 is 39.1. The molecule has 1 heterocycles. The topological polar surface area (TPSA) is 3.24 Å². The summed E-state index contributed by atoms with van der Waals surface area (Å²) >= 11 is 0. The van der Waals surface area contributed by atoms with Crippen molar-refractivity contribution < 1.29 is 64.3 Å². The van der Waals surface area contributed by atoms with Gasteiger partial charge in [0.1, 0.15) is 0 Å². The summed E-state index contributed by atoms with van der Waals surface area (Å²) in [5.74, 6) is 1.83. The van der Waals surface area contributed by atoms with Gasteiger partial charge in [-0.15, -0.1) is 0 Å². The molecule has 0 aromatic heterocycles. The molecule has 0 saturated heterocycles. The molecule has 2 aromatic rings. The molecular formula is C15H13B2F3KN. The van der Waals surface area contributed by atoms with Crippen molar-refractivity contribution in [3.05, 3.63) is 66.1 Å². The van der Waals surface area contributed by atoms with Crippen LogP contribution < -0.4 is 61.7 Å². The minimum Gasteiger partial charge on any atom is -0.448 e. The Hall–Kier alpha value is -0.464. The maximum absolute atomic E-state index is 13.0. The zero-order valence-electron chi connectivity index (χ0n) is 12.3. The number of hydrogen-bond acceptors (Lipinski definition) is 1. The zero-order chi connectivity index (χ0) is 14.9. The molecule has 0 fully saturated rings. The summed E-state index contributed by atoms with van der Waals surface area (Å²) in [6.07, 6.45) is 0.994. The van der Waals surface area contributed by atoms with Gasteiger partial charge in [0.05, 0.1) is 0 Å². The van der Waals surface area contributed by atoms with Crippen molar-refractivity contribution in [2.24, 2.45) is 0 Å². The molecule has 0 aliphatic carbocycles. The molecular weight excluding hydrogens is 312 g/mol. The van der Waals surface area contributed by atoms with Crippen molar-refractivity contribution in [1.29, 1.82) is 0 Å². The maximum atomic E-state index is 13.0. The van der Waals surface area contributed by atoms with E-state index in [-0.39, 0.29) is 58.2 Å². The second kappa shape index (κ2) is 7.40. The molecule has 1 aliphatic rings. The van der Waals surface area contributed by atoms with Crippen LogP contribution in [0.1, 0.15) is 5.56 Å². The Kier molecular flexibility index (Phi) is 6.02. The van der Waals surface area contributed by atoms with E-state index < -0.39 is 13.4 Å². The van der Waals surface area contributed by atoms with Crippen molar-refractivity contribution in [1.82, 2.24) is 0 Å². The predicted octanol–water partition coefficient (Wildman–Crippen LogP) is 0.348. The number of fused-ring (bicyclic) bond motifs is 1. The summed E-state index contributed by atoms with van der Waals surface area (Å²) in [6, 6.07) is 16.5. The first-order valence-corrected chi connectivity index (χ1v) is 6.84. The largest absolute Gasteiger partial charge is 1.00 e. The summed E-state index contributed by atoms with van der Waals surface area (Å²) in [5, 5.41) is 0. The Morgan fingerprint density at radius 2 is 1.55 bits per heavy atom. The molecule has 0 amide bonds. The molecule has 22 heavy (non-hydrogen) atoms. The number of hydrogen-bond donors (Lipinski definition) is 0. The number of para-hydroxylation sites is 1. The van der Waals surface area contributed by atoms with Crippen LogP contribution in [0.3, 0.4) is 0 Å². The van der Waals surface area contributed by atoms with Gasteiger partial charge in [0.15, 0.2) is 0 Å². The average Bonchev–Trinajstić information content (AvgIpc) is 2.47. The molecule has 0 spiro atoms.